The molecule has 0 aliphatic carbocycles. The summed E-state index contributed by atoms with van der Waals surface area (Å²) in [5.74, 6) is -0.710. The van der Waals surface area contributed by atoms with Crippen LogP contribution in [0.3, 0.4) is 0 Å². The highest BCUT2D eigenvalue weighted by atomic mass is 32.2. The van der Waals surface area contributed by atoms with Gasteiger partial charge >= 0.3 is 16.1 Å². The molecule has 0 saturated heterocycles. The number of hydrogen-bond acceptors (Lipinski definition) is 10. The molecule has 0 fully saturated rings. The van der Waals surface area contributed by atoms with Crippen molar-refractivity contribution >= 4 is 60.1 Å². The van der Waals surface area contributed by atoms with Crippen LogP contribution in [0.25, 0.3) is 10.2 Å². The summed E-state index contributed by atoms with van der Waals surface area (Å²) < 4.78 is 30.8. The summed E-state index contributed by atoms with van der Waals surface area (Å²) in [4.78, 5) is 29.4. The molecule has 1 aromatic heterocycles. The number of carboxylic acid groups (broad SMARTS) is 1. The molecule has 0 saturated carbocycles. The molecule has 1 aliphatic heterocycles. The predicted molar refractivity (Wildman–Crippen MR) is 111 cm³/mol. The molecule has 154 valence electrons. The van der Waals surface area contributed by atoms with E-state index in [1.54, 1.807) is 6.07 Å². The Balaban J connectivity index is 1.64. The van der Waals surface area contributed by atoms with Gasteiger partial charge in [0, 0.05) is 17.9 Å². The molecule has 2 heterocycles. The fraction of sp³-hybridized carbons (Fsp3) is 0.118. The highest BCUT2D eigenvalue weighted by Gasteiger charge is 2.28. The Kier molecular flexibility index (Phi) is 5.17. The number of thiazole rings is 1. The minimum absolute atomic E-state index is 0.0275. The molecule has 4 rings (SSSR count). The topological polar surface area (TPSA) is 149 Å². The molecular formula is C17H11N3O7S3. The first-order valence-electron chi connectivity index (χ1n) is 8.27. The van der Waals surface area contributed by atoms with Gasteiger partial charge in [-0.2, -0.15) is 8.42 Å². The third kappa shape index (κ3) is 3.86. The van der Waals surface area contributed by atoms with Crippen LogP contribution in [-0.2, 0) is 14.9 Å². The molecule has 13 heteroatoms. The molecular weight excluding hydrogens is 454 g/mol. The van der Waals surface area contributed by atoms with Crippen LogP contribution in [0.15, 0.2) is 52.4 Å². The number of nitro benzene ring substituents is 1. The van der Waals surface area contributed by atoms with Crippen molar-refractivity contribution in [2.45, 2.75) is 10.9 Å². The summed E-state index contributed by atoms with van der Waals surface area (Å²) in [5.41, 5.74) is -0.0181. The minimum atomic E-state index is -4.43. The van der Waals surface area contributed by atoms with E-state index in [1.165, 1.54) is 47.4 Å². The van der Waals surface area contributed by atoms with Crippen LogP contribution in [0.4, 0.5) is 5.69 Å². The van der Waals surface area contributed by atoms with E-state index in [9.17, 15) is 23.3 Å². The van der Waals surface area contributed by atoms with Crippen molar-refractivity contribution in [1.82, 2.24) is 4.98 Å². The molecule has 1 atom stereocenters. The Morgan fingerprint density at radius 1 is 1.27 bits per heavy atom. The SMILES string of the molecule is O=C(O)[C@H]1CSC(c2nc3ccc(OS(=O)(=O)c4ccccc4[N+](=O)[O-])cc3s2)=N1. The van der Waals surface area contributed by atoms with Crippen molar-refractivity contribution in [2.75, 3.05) is 5.75 Å². The zero-order valence-electron chi connectivity index (χ0n) is 14.8. The van der Waals surface area contributed by atoms with Gasteiger partial charge in [-0.15, -0.1) is 23.1 Å². The summed E-state index contributed by atoms with van der Waals surface area (Å²) in [7, 11) is -4.43. The fourth-order valence-corrected chi connectivity index (χ4v) is 5.84. The Bertz CT molecular complexity index is 1320. The first kappa shape index (κ1) is 20.3. The third-order valence-corrected chi connectivity index (χ3v) is 7.52. The molecule has 30 heavy (non-hydrogen) atoms. The van der Waals surface area contributed by atoms with Gasteiger partial charge in [0.2, 0.25) is 0 Å². The van der Waals surface area contributed by atoms with Gasteiger partial charge in [0.1, 0.15) is 15.8 Å². The van der Waals surface area contributed by atoms with Crippen LogP contribution in [-0.4, -0.2) is 46.2 Å². The number of benzene rings is 2. The number of nitrogens with zero attached hydrogens (tertiary/aromatic N) is 3. The highest BCUT2D eigenvalue weighted by Crippen LogP contribution is 2.33. The van der Waals surface area contributed by atoms with Gasteiger partial charge in [-0.25, -0.2) is 9.78 Å². The number of hydrogen-bond donors (Lipinski definition) is 1. The van der Waals surface area contributed by atoms with Crippen molar-refractivity contribution in [3.63, 3.8) is 0 Å². The maximum absolute atomic E-state index is 12.6. The number of carbonyl (C=O) groups is 1. The molecule has 0 spiro atoms. The molecule has 3 aromatic rings. The lowest BCUT2D eigenvalue weighted by Gasteiger charge is -2.07. The summed E-state index contributed by atoms with van der Waals surface area (Å²) in [5, 5.41) is 21.2. The van der Waals surface area contributed by atoms with Gasteiger partial charge < -0.3 is 9.29 Å². The molecule has 0 bridgehead atoms. The second kappa shape index (κ2) is 7.66. The number of para-hydroxylation sites is 1. The smallest absolute Gasteiger partial charge is 0.346 e. The molecule has 0 amide bonds. The van der Waals surface area contributed by atoms with E-state index in [4.69, 9.17) is 9.29 Å². The monoisotopic (exact) mass is 465 g/mol. The molecule has 1 aliphatic rings. The van der Waals surface area contributed by atoms with Crippen molar-refractivity contribution in [3.05, 3.63) is 57.6 Å². The van der Waals surface area contributed by atoms with Gasteiger partial charge in [-0.05, 0) is 18.2 Å². The summed E-state index contributed by atoms with van der Waals surface area (Å²) in [6.07, 6.45) is 0. The van der Waals surface area contributed by atoms with Gasteiger partial charge in [-0.1, -0.05) is 12.1 Å². The van der Waals surface area contributed by atoms with E-state index in [2.05, 4.69) is 9.98 Å². The van der Waals surface area contributed by atoms with Gasteiger partial charge in [0.15, 0.2) is 10.9 Å². The van der Waals surface area contributed by atoms with Gasteiger partial charge in [-0.3, -0.25) is 15.1 Å². The van der Waals surface area contributed by atoms with Gasteiger partial charge in [0.25, 0.3) is 5.69 Å². The molecule has 1 N–H and O–H groups in total. The predicted octanol–water partition coefficient (Wildman–Crippen LogP) is 2.92. The van der Waals surface area contributed by atoms with Crippen LogP contribution in [0.2, 0.25) is 0 Å². The van der Waals surface area contributed by atoms with Crippen molar-refractivity contribution < 1.29 is 27.4 Å². The molecule has 10 nitrogen and oxygen atoms in total. The van der Waals surface area contributed by atoms with E-state index in [1.807, 2.05) is 0 Å². The van der Waals surface area contributed by atoms with E-state index in [0.29, 0.717) is 26.0 Å². The van der Waals surface area contributed by atoms with E-state index in [0.717, 1.165) is 12.1 Å². The van der Waals surface area contributed by atoms with Crippen LogP contribution in [0.5, 0.6) is 5.75 Å². The molecule has 0 radical (unpaired) electrons. The Labute approximate surface area is 177 Å². The van der Waals surface area contributed by atoms with Crippen LogP contribution in [0.1, 0.15) is 5.01 Å². The average molecular weight is 465 g/mol. The Hall–Kier alpha value is -3.03. The number of aliphatic imine (C=N–C) groups is 1. The van der Waals surface area contributed by atoms with Crippen molar-refractivity contribution in [3.8, 4) is 5.75 Å². The first-order chi connectivity index (χ1) is 14.2. The third-order valence-electron chi connectivity index (χ3n) is 4.02. The van der Waals surface area contributed by atoms with Crippen molar-refractivity contribution in [2.24, 2.45) is 4.99 Å². The fourth-order valence-electron chi connectivity index (χ4n) is 2.66. The van der Waals surface area contributed by atoms with Gasteiger partial charge in [0.05, 0.1) is 15.1 Å². The van der Waals surface area contributed by atoms with Crippen LogP contribution >= 0.6 is 23.1 Å². The van der Waals surface area contributed by atoms with E-state index < -0.39 is 37.6 Å². The van der Waals surface area contributed by atoms with Crippen LogP contribution < -0.4 is 4.18 Å². The lowest BCUT2D eigenvalue weighted by atomic mass is 10.3. The summed E-state index contributed by atoms with van der Waals surface area (Å²) in [6.45, 7) is 0. The zero-order valence-corrected chi connectivity index (χ0v) is 17.2. The lowest BCUT2D eigenvalue weighted by Crippen LogP contribution is -2.17. The second-order valence-electron chi connectivity index (χ2n) is 6.01. The van der Waals surface area contributed by atoms with Crippen molar-refractivity contribution in [1.29, 1.82) is 0 Å². The molecule has 2 aromatic carbocycles. The number of aromatic nitrogens is 1. The number of carboxylic acids is 1. The average Bonchev–Trinajstić information content (AvgIpc) is 3.34. The quantitative estimate of drug-likeness (QED) is 0.329. The second-order valence-corrected chi connectivity index (χ2v) is 9.56. The number of rotatable bonds is 6. The summed E-state index contributed by atoms with van der Waals surface area (Å²) >= 11 is 2.50. The molecule has 0 unspecified atom stereocenters. The number of nitro groups is 1. The highest BCUT2D eigenvalue weighted by molar-refractivity contribution is 8.15. The van der Waals surface area contributed by atoms with E-state index in [-0.39, 0.29) is 5.75 Å². The Morgan fingerprint density at radius 3 is 2.73 bits per heavy atom. The van der Waals surface area contributed by atoms with Crippen LogP contribution in [0, 0.1) is 10.1 Å². The maximum atomic E-state index is 12.6. The number of aliphatic carboxylic acids is 1. The lowest BCUT2D eigenvalue weighted by molar-refractivity contribution is -0.387. The van der Waals surface area contributed by atoms with E-state index >= 15 is 0 Å². The zero-order chi connectivity index (χ0) is 21.5. The standard InChI is InChI=1S/C17H11N3O7S3/c21-17(22)11-8-28-15(19-11)16-18-10-6-5-9(7-13(10)29-16)27-30(25,26)14-4-2-1-3-12(14)20(23)24/h1-7,11H,8H2,(H,21,22)/t11-/m1/s1. The number of thioether (sulfide) groups is 1. The minimum Gasteiger partial charge on any atom is -0.480 e. The maximum Gasteiger partial charge on any atom is 0.346 e. The normalized spacial score (nSPS) is 16.4. The Morgan fingerprint density at radius 2 is 2.03 bits per heavy atom. The summed E-state index contributed by atoms with van der Waals surface area (Å²) in [6, 6.07) is 8.49. The largest absolute Gasteiger partial charge is 0.480 e. The first-order valence-corrected chi connectivity index (χ1v) is 11.5. The number of fused-ring (bicyclic) bond motifs is 1.